The molecule has 0 aliphatic heterocycles. The van der Waals surface area contributed by atoms with Crippen LogP contribution in [0.15, 0.2) is 95.1 Å². The molecule has 2 amide bonds. The van der Waals surface area contributed by atoms with E-state index in [-0.39, 0.29) is 24.1 Å². The van der Waals surface area contributed by atoms with Crippen molar-refractivity contribution in [3.8, 4) is 0 Å². The number of thiophene rings is 1. The highest BCUT2D eigenvalue weighted by molar-refractivity contribution is 7.10. The summed E-state index contributed by atoms with van der Waals surface area (Å²) in [5.74, 6) is -0.0194. The third-order valence-corrected chi connectivity index (χ3v) is 5.66. The van der Waals surface area contributed by atoms with Crippen LogP contribution in [0.5, 0.6) is 0 Å². The predicted molar refractivity (Wildman–Crippen MR) is 118 cm³/mol. The van der Waals surface area contributed by atoms with Crippen molar-refractivity contribution in [2.75, 3.05) is 0 Å². The Bertz CT molecular complexity index is 1100. The van der Waals surface area contributed by atoms with Crippen LogP contribution in [0.2, 0.25) is 0 Å². The number of aromatic nitrogens is 1. The van der Waals surface area contributed by atoms with E-state index in [9.17, 15) is 9.59 Å². The molecule has 0 aliphatic carbocycles. The van der Waals surface area contributed by atoms with Gasteiger partial charge >= 0.3 is 0 Å². The molecule has 3 aromatic heterocycles. The summed E-state index contributed by atoms with van der Waals surface area (Å²) in [6.45, 7) is 0.512. The second kappa shape index (κ2) is 9.86. The van der Waals surface area contributed by atoms with Gasteiger partial charge in [-0.25, -0.2) is 0 Å². The quantitative estimate of drug-likeness (QED) is 0.448. The van der Waals surface area contributed by atoms with E-state index in [2.05, 4.69) is 10.3 Å². The van der Waals surface area contributed by atoms with Gasteiger partial charge in [0.15, 0.2) is 0 Å². The monoisotopic (exact) mass is 431 g/mol. The normalized spacial score (nSPS) is 11.6. The van der Waals surface area contributed by atoms with Crippen LogP contribution in [-0.2, 0) is 17.9 Å². The number of nitrogens with zero attached hydrogens (tertiary/aromatic N) is 2. The predicted octanol–water partition coefficient (Wildman–Crippen LogP) is 4.44. The molecule has 0 saturated heterocycles. The lowest BCUT2D eigenvalue weighted by Gasteiger charge is -2.29. The zero-order valence-electron chi connectivity index (χ0n) is 16.7. The summed E-state index contributed by atoms with van der Waals surface area (Å²) in [4.78, 5) is 33.3. The minimum atomic E-state index is -0.816. The maximum atomic E-state index is 13.4. The van der Waals surface area contributed by atoms with Gasteiger partial charge in [0.05, 0.1) is 12.8 Å². The lowest BCUT2D eigenvalue weighted by Crippen LogP contribution is -2.43. The lowest BCUT2D eigenvalue weighted by atomic mass is 10.1. The molecule has 0 fully saturated rings. The van der Waals surface area contributed by atoms with Crippen molar-refractivity contribution in [1.82, 2.24) is 15.2 Å². The topological polar surface area (TPSA) is 75.4 Å². The number of carbonyl (C=O) groups is 2. The van der Waals surface area contributed by atoms with Crippen molar-refractivity contribution in [3.63, 3.8) is 0 Å². The van der Waals surface area contributed by atoms with E-state index < -0.39 is 6.04 Å². The van der Waals surface area contributed by atoms with Crippen LogP contribution in [0.4, 0.5) is 0 Å². The second-order valence-corrected chi connectivity index (χ2v) is 7.83. The third-order valence-electron chi connectivity index (χ3n) is 4.73. The van der Waals surface area contributed by atoms with Crippen LogP contribution in [0.3, 0.4) is 0 Å². The van der Waals surface area contributed by atoms with E-state index in [1.807, 2.05) is 47.8 Å². The van der Waals surface area contributed by atoms with E-state index in [1.165, 1.54) is 16.2 Å². The zero-order valence-corrected chi connectivity index (χ0v) is 17.5. The molecule has 1 atom stereocenters. The highest BCUT2D eigenvalue weighted by atomic mass is 32.1. The third kappa shape index (κ3) is 5.07. The maximum Gasteiger partial charge on any atom is 0.273 e. The SMILES string of the molecule is O=C(NCc1ccccc1)[C@@H](c1cccs1)N(Cc1ccco1)C(=O)c1ccccn1. The molecular formula is C24H21N3O3S. The molecule has 0 bridgehead atoms. The van der Waals surface area contributed by atoms with Gasteiger partial charge in [-0.15, -0.1) is 11.3 Å². The lowest BCUT2D eigenvalue weighted by molar-refractivity contribution is -0.126. The summed E-state index contributed by atoms with van der Waals surface area (Å²) in [5, 5.41) is 4.87. The Labute approximate surface area is 184 Å². The molecule has 3 heterocycles. The number of hydrogen-bond acceptors (Lipinski definition) is 5. The van der Waals surface area contributed by atoms with Crippen LogP contribution in [0.1, 0.15) is 32.7 Å². The molecule has 1 aromatic carbocycles. The van der Waals surface area contributed by atoms with Gasteiger partial charge in [0.1, 0.15) is 17.5 Å². The highest BCUT2D eigenvalue weighted by Gasteiger charge is 2.34. The van der Waals surface area contributed by atoms with Gasteiger partial charge in [-0.1, -0.05) is 42.5 Å². The van der Waals surface area contributed by atoms with Gasteiger partial charge in [-0.3, -0.25) is 14.6 Å². The summed E-state index contributed by atoms with van der Waals surface area (Å²) >= 11 is 1.43. The molecule has 0 aliphatic rings. The smallest absolute Gasteiger partial charge is 0.273 e. The molecule has 31 heavy (non-hydrogen) atoms. The Hall–Kier alpha value is -3.71. The molecule has 0 spiro atoms. The van der Waals surface area contributed by atoms with Gasteiger partial charge in [0.2, 0.25) is 5.91 Å². The average Bonchev–Trinajstić information content (AvgIpc) is 3.53. The van der Waals surface area contributed by atoms with Crippen molar-refractivity contribution in [2.45, 2.75) is 19.1 Å². The Kier molecular flexibility index (Phi) is 6.54. The average molecular weight is 432 g/mol. The minimum Gasteiger partial charge on any atom is -0.467 e. The highest BCUT2D eigenvalue weighted by Crippen LogP contribution is 2.29. The van der Waals surface area contributed by atoms with Crippen molar-refractivity contribution in [3.05, 3.63) is 113 Å². The number of furan rings is 1. The summed E-state index contributed by atoms with van der Waals surface area (Å²) in [5.41, 5.74) is 1.25. The van der Waals surface area contributed by atoms with Crippen molar-refractivity contribution < 1.29 is 14.0 Å². The Morgan fingerprint density at radius 3 is 2.52 bits per heavy atom. The molecular weight excluding hydrogens is 410 g/mol. The van der Waals surface area contributed by atoms with Crippen molar-refractivity contribution >= 4 is 23.2 Å². The number of amides is 2. The number of rotatable bonds is 8. The summed E-state index contributed by atoms with van der Waals surface area (Å²) in [7, 11) is 0. The molecule has 4 rings (SSSR count). The van der Waals surface area contributed by atoms with Gasteiger partial charge in [0.25, 0.3) is 5.91 Å². The fraction of sp³-hybridized carbons (Fsp3) is 0.125. The van der Waals surface area contributed by atoms with Crippen LogP contribution in [-0.4, -0.2) is 21.7 Å². The number of pyridine rings is 1. The first-order valence-corrected chi connectivity index (χ1v) is 10.7. The Morgan fingerprint density at radius 2 is 1.84 bits per heavy atom. The molecule has 1 N–H and O–H groups in total. The Balaban J connectivity index is 1.66. The molecule has 156 valence electrons. The second-order valence-electron chi connectivity index (χ2n) is 6.85. The van der Waals surface area contributed by atoms with Crippen LogP contribution >= 0.6 is 11.3 Å². The molecule has 0 radical (unpaired) electrons. The first-order valence-electron chi connectivity index (χ1n) is 9.82. The van der Waals surface area contributed by atoms with E-state index in [4.69, 9.17) is 4.42 Å². The molecule has 7 heteroatoms. The maximum absolute atomic E-state index is 13.4. The van der Waals surface area contributed by atoms with Crippen molar-refractivity contribution in [1.29, 1.82) is 0 Å². The van der Waals surface area contributed by atoms with Crippen LogP contribution in [0.25, 0.3) is 0 Å². The molecule has 6 nitrogen and oxygen atoms in total. The number of benzene rings is 1. The molecule has 4 aromatic rings. The van der Waals surface area contributed by atoms with Crippen molar-refractivity contribution in [2.24, 2.45) is 0 Å². The van der Waals surface area contributed by atoms with E-state index in [0.29, 0.717) is 12.3 Å². The van der Waals surface area contributed by atoms with E-state index in [0.717, 1.165) is 10.4 Å². The molecule has 0 unspecified atom stereocenters. The van der Waals surface area contributed by atoms with Gasteiger partial charge in [0, 0.05) is 17.6 Å². The van der Waals surface area contributed by atoms with Gasteiger partial charge in [-0.05, 0) is 41.3 Å². The summed E-state index contributed by atoms with van der Waals surface area (Å²) in [6.07, 6.45) is 3.11. The summed E-state index contributed by atoms with van der Waals surface area (Å²) in [6, 6.07) is 21.3. The van der Waals surface area contributed by atoms with Crippen LogP contribution in [0, 0.1) is 0 Å². The number of hydrogen-bond donors (Lipinski definition) is 1. The fourth-order valence-corrected chi connectivity index (χ4v) is 4.07. The van der Waals surface area contributed by atoms with E-state index >= 15 is 0 Å². The summed E-state index contributed by atoms with van der Waals surface area (Å²) < 4.78 is 5.48. The van der Waals surface area contributed by atoms with Gasteiger partial charge in [-0.2, -0.15) is 0 Å². The van der Waals surface area contributed by atoms with E-state index in [1.54, 1.807) is 42.8 Å². The number of nitrogens with one attached hydrogen (secondary N) is 1. The minimum absolute atomic E-state index is 0.143. The first kappa shape index (κ1) is 20.6. The van der Waals surface area contributed by atoms with Crippen LogP contribution < -0.4 is 5.32 Å². The first-order chi connectivity index (χ1) is 15.2. The van der Waals surface area contributed by atoms with Gasteiger partial charge < -0.3 is 14.6 Å². The zero-order chi connectivity index (χ0) is 21.5. The Morgan fingerprint density at radius 1 is 1.00 bits per heavy atom. The largest absolute Gasteiger partial charge is 0.467 e. The standard InChI is InChI=1S/C24H21N3O3S/c28-23(26-16-18-8-2-1-3-9-18)22(21-12-7-15-31-21)27(17-19-10-6-14-30-19)24(29)20-11-4-5-13-25-20/h1-15,22H,16-17H2,(H,26,28)/t22-/m1/s1. The number of carbonyl (C=O) groups excluding carboxylic acids is 2. The molecule has 0 saturated carbocycles. The fourth-order valence-electron chi connectivity index (χ4n) is 3.24.